The van der Waals surface area contributed by atoms with Crippen LogP contribution >= 0.6 is 11.8 Å². The summed E-state index contributed by atoms with van der Waals surface area (Å²) in [4.78, 5) is 17.0. The molecule has 0 atom stereocenters. The fourth-order valence-electron chi connectivity index (χ4n) is 2.96. The molecule has 0 saturated heterocycles. The molecule has 0 fully saturated rings. The Morgan fingerprint density at radius 1 is 0.931 bits per heavy atom. The van der Waals surface area contributed by atoms with Crippen molar-refractivity contribution in [2.45, 2.75) is 11.9 Å². The third kappa shape index (κ3) is 4.95. The molecule has 1 amide bonds. The van der Waals surface area contributed by atoms with Crippen LogP contribution in [-0.4, -0.2) is 16.6 Å². The Bertz CT molecular complexity index is 1130. The zero-order valence-corrected chi connectivity index (χ0v) is 16.8. The molecule has 4 aromatic rings. The number of aryl methyl sites for hydroxylation is 1. The Morgan fingerprint density at radius 2 is 1.62 bits per heavy atom. The maximum atomic E-state index is 12.3. The number of benzene rings is 3. The molecule has 29 heavy (non-hydrogen) atoms. The first kappa shape index (κ1) is 19.0. The van der Waals surface area contributed by atoms with Gasteiger partial charge >= 0.3 is 0 Å². The number of carbonyl (C=O) groups is 1. The number of hydrogen-bond acceptors (Lipinski definition) is 4. The van der Waals surface area contributed by atoms with Crippen LogP contribution in [0.25, 0.3) is 10.9 Å². The second kappa shape index (κ2) is 8.80. The number of aromatic nitrogens is 1. The quantitative estimate of drug-likeness (QED) is 0.399. The van der Waals surface area contributed by atoms with Crippen LogP contribution in [0.2, 0.25) is 0 Å². The van der Waals surface area contributed by atoms with Gasteiger partial charge in [-0.25, -0.2) is 4.98 Å². The van der Waals surface area contributed by atoms with Gasteiger partial charge in [0.05, 0.1) is 16.3 Å². The largest absolute Gasteiger partial charge is 0.457 e. The minimum atomic E-state index is -0.0701. The molecule has 0 radical (unpaired) electrons. The maximum Gasteiger partial charge on any atom is 0.234 e. The van der Waals surface area contributed by atoms with Gasteiger partial charge in [-0.1, -0.05) is 48.2 Å². The third-order valence-corrected chi connectivity index (χ3v) is 5.28. The lowest BCUT2D eigenvalue weighted by Gasteiger charge is -2.09. The van der Waals surface area contributed by atoms with Crippen LogP contribution in [0, 0.1) is 6.92 Å². The predicted octanol–water partition coefficient (Wildman–Crippen LogP) is 6.07. The molecule has 5 heteroatoms. The van der Waals surface area contributed by atoms with Gasteiger partial charge in [0.1, 0.15) is 11.5 Å². The van der Waals surface area contributed by atoms with Gasteiger partial charge in [0.25, 0.3) is 0 Å². The van der Waals surface area contributed by atoms with Crippen molar-refractivity contribution in [3.8, 4) is 11.5 Å². The van der Waals surface area contributed by atoms with E-state index in [1.165, 1.54) is 11.8 Å². The van der Waals surface area contributed by atoms with Crippen molar-refractivity contribution in [1.29, 1.82) is 0 Å². The maximum absolute atomic E-state index is 12.3. The van der Waals surface area contributed by atoms with Crippen LogP contribution in [0.4, 0.5) is 5.69 Å². The van der Waals surface area contributed by atoms with Gasteiger partial charge < -0.3 is 10.1 Å². The molecule has 0 aliphatic rings. The zero-order chi connectivity index (χ0) is 20.1. The minimum absolute atomic E-state index is 0.0701. The van der Waals surface area contributed by atoms with Gasteiger partial charge in [0.15, 0.2) is 0 Å². The molecular formula is C24H20N2O2S. The molecular weight excluding hydrogens is 380 g/mol. The van der Waals surface area contributed by atoms with Crippen molar-refractivity contribution >= 4 is 34.3 Å². The number of hydrogen-bond donors (Lipinski definition) is 1. The van der Waals surface area contributed by atoms with Crippen molar-refractivity contribution in [3.63, 3.8) is 0 Å². The Balaban J connectivity index is 1.34. The summed E-state index contributed by atoms with van der Waals surface area (Å²) < 4.78 is 5.76. The number of nitrogens with one attached hydrogen (secondary N) is 1. The van der Waals surface area contributed by atoms with Crippen LogP contribution in [0.15, 0.2) is 90.0 Å². The first-order valence-corrected chi connectivity index (χ1v) is 10.3. The topological polar surface area (TPSA) is 51.2 Å². The molecule has 1 heterocycles. The summed E-state index contributed by atoms with van der Waals surface area (Å²) >= 11 is 1.43. The first-order valence-electron chi connectivity index (χ1n) is 9.29. The third-order valence-electron chi connectivity index (χ3n) is 4.37. The van der Waals surface area contributed by atoms with Crippen molar-refractivity contribution in [2.24, 2.45) is 0 Å². The number of anilines is 1. The Kier molecular flexibility index (Phi) is 5.77. The molecule has 1 aromatic heterocycles. The highest BCUT2D eigenvalue weighted by Gasteiger charge is 2.07. The van der Waals surface area contributed by atoms with Gasteiger partial charge in [0, 0.05) is 11.1 Å². The molecule has 0 unspecified atom stereocenters. The number of para-hydroxylation sites is 2. The number of thioether (sulfide) groups is 1. The van der Waals surface area contributed by atoms with Crippen molar-refractivity contribution in [2.75, 3.05) is 11.1 Å². The van der Waals surface area contributed by atoms with Crippen molar-refractivity contribution in [1.82, 2.24) is 4.98 Å². The highest BCUT2D eigenvalue weighted by Crippen LogP contribution is 2.25. The van der Waals surface area contributed by atoms with Gasteiger partial charge in [-0.15, -0.1) is 0 Å². The zero-order valence-electron chi connectivity index (χ0n) is 16.0. The standard InChI is InChI=1S/C24H20N2O2S/c1-17-15-24(26-22-10-6-5-9-21(17)22)29-16-23(27)25-18-11-13-20(14-12-18)28-19-7-3-2-4-8-19/h2-15H,16H2,1H3,(H,25,27). The fraction of sp³-hybridized carbons (Fsp3) is 0.0833. The lowest BCUT2D eigenvalue weighted by Crippen LogP contribution is -2.14. The van der Waals surface area contributed by atoms with E-state index >= 15 is 0 Å². The smallest absolute Gasteiger partial charge is 0.234 e. The normalized spacial score (nSPS) is 10.7. The number of rotatable bonds is 6. The molecule has 144 valence electrons. The van der Waals surface area contributed by atoms with Gasteiger partial charge in [0.2, 0.25) is 5.91 Å². The van der Waals surface area contributed by atoms with E-state index in [2.05, 4.69) is 23.3 Å². The highest BCUT2D eigenvalue weighted by molar-refractivity contribution is 7.99. The molecule has 0 bridgehead atoms. The predicted molar refractivity (Wildman–Crippen MR) is 119 cm³/mol. The molecule has 0 spiro atoms. The van der Waals surface area contributed by atoms with Crippen LogP contribution in [0.1, 0.15) is 5.56 Å². The summed E-state index contributed by atoms with van der Waals surface area (Å²) in [6, 6.07) is 27.0. The molecule has 0 aliphatic carbocycles. The molecule has 3 aromatic carbocycles. The summed E-state index contributed by atoms with van der Waals surface area (Å²) in [6.45, 7) is 2.06. The van der Waals surface area contributed by atoms with Crippen molar-refractivity contribution < 1.29 is 9.53 Å². The van der Waals surface area contributed by atoms with Crippen LogP contribution in [0.5, 0.6) is 11.5 Å². The summed E-state index contributed by atoms with van der Waals surface area (Å²) in [6.07, 6.45) is 0. The minimum Gasteiger partial charge on any atom is -0.457 e. The second-order valence-electron chi connectivity index (χ2n) is 6.57. The van der Waals surface area contributed by atoms with Gasteiger partial charge in [-0.05, 0) is 61.0 Å². The Morgan fingerprint density at radius 3 is 2.41 bits per heavy atom. The fourth-order valence-corrected chi connectivity index (χ4v) is 3.73. The van der Waals surface area contributed by atoms with E-state index in [0.29, 0.717) is 5.75 Å². The molecule has 1 N–H and O–H groups in total. The van der Waals surface area contributed by atoms with Crippen LogP contribution in [0.3, 0.4) is 0 Å². The molecule has 4 nitrogen and oxygen atoms in total. The second-order valence-corrected chi connectivity index (χ2v) is 7.57. The summed E-state index contributed by atoms with van der Waals surface area (Å²) in [5.74, 6) is 1.73. The molecule has 4 rings (SSSR count). The van der Waals surface area contributed by atoms with E-state index in [1.807, 2.05) is 78.9 Å². The number of ether oxygens (including phenoxy) is 1. The highest BCUT2D eigenvalue weighted by atomic mass is 32.2. The van der Waals surface area contributed by atoms with Gasteiger partial charge in [-0.3, -0.25) is 4.79 Å². The van der Waals surface area contributed by atoms with E-state index in [9.17, 15) is 4.79 Å². The average molecular weight is 401 g/mol. The molecule has 0 aliphatic heterocycles. The SMILES string of the molecule is Cc1cc(SCC(=O)Nc2ccc(Oc3ccccc3)cc2)nc2ccccc12. The van der Waals surface area contributed by atoms with Crippen LogP contribution in [-0.2, 0) is 4.79 Å². The van der Waals surface area contributed by atoms with E-state index in [0.717, 1.165) is 38.7 Å². The van der Waals surface area contributed by atoms with Crippen molar-refractivity contribution in [3.05, 3.63) is 90.5 Å². The van der Waals surface area contributed by atoms with E-state index < -0.39 is 0 Å². The summed E-state index contributed by atoms with van der Waals surface area (Å²) in [7, 11) is 0. The number of amides is 1. The average Bonchev–Trinajstić information content (AvgIpc) is 2.74. The number of carbonyl (C=O) groups excluding carboxylic acids is 1. The summed E-state index contributed by atoms with van der Waals surface area (Å²) in [5.41, 5.74) is 2.84. The number of nitrogens with zero attached hydrogens (tertiary/aromatic N) is 1. The van der Waals surface area contributed by atoms with E-state index in [1.54, 1.807) is 0 Å². The Hall–Kier alpha value is -3.31. The lowest BCUT2D eigenvalue weighted by molar-refractivity contribution is -0.113. The van der Waals surface area contributed by atoms with E-state index in [4.69, 9.17) is 4.74 Å². The van der Waals surface area contributed by atoms with Crippen LogP contribution < -0.4 is 10.1 Å². The number of fused-ring (bicyclic) bond motifs is 1. The van der Waals surface area contributed by atoms with Gasteiger partial charge in [-0.2, -0.15) is 0 Å². The lowest BCUT2D eigenvalue weighted by atomic mass is 10.1. The summed E-state index contributed by atoms with van der Waals surface area (Å²) in [5, 5.41) is 4.90. The number of pyridine rings is 1. The molecule has 0 saturated carbocycles. The first-order chi connectivity index (χ1) is 14.2. The Labute approximate surface area is 173 Å². The van der Waals surface area contributed by atoms with E-state index in [-0.39, 0.29) is 5.91 Å². The monoisotopic (exact) mass is 400 g/mol.